The molecular weight excluding hydrogens is 345 g/mol. The van der Waals surface area contributed by atoms with Crippen molar-refractivity contribution in [1.29, 1.82) is 0 Å². The molecule has 2 aliphatic rings. The van der Waals surface area contributed by atoms with Crippen molar-refractivity contribution in [3.8, 4) is 0 Å². The third kappa shape index (κ3) is 3.32. The highest BCUT2D eigenvalue weighted by molar-refractivity contribution is 7.10. The van der Waals surface area contributed by atoms with Crippen molar-refractivity contribution in [2.45, 2.75) is 56.3 Å². The summed E-state index contributed by atoms with van der Waals surface area (Å²) in [7, 11) is 0. The minimum Gasteiger partial charge on any atom is -0.341 e. The van der Waals surface area contributed by atoms with Crippen molar-refractivity contribution in [3.63, 3.8) is 0 Å². The van der Waals surface area contributed by atoms with E-state index in [4.69, 9.17) is 0 Å². The first-order valence-electron chi connectivity index (χ1n) is 9.78. The van der Waals surface area contributed by atoms with Crippen LogP contribution >= 0.6 is 11.3 Å². The van der Waals surface area contributed by atoms with Gasteiger partial charge in [-0.15, -0.1) is 11.3 Å². The summed E-state index contributed by atoms with van der Waals surface area (Å²) in [6, 6.07) is 11.1. The van der Waals surface area contributed by atoms with E-state index >= 15 is 0 Å². The Morgan fingerprint density at radius 2 is 1.85 bits per heavy atom. The molecule has 1 amide bonds. The van der Waals surface area contributed by atoms with Gasteiger partial charge in [0.15, 0.2) is 0 Å². The van der Waals surface area contributed by atoms with Gasteiger partial charge < -0.3 is 4.90 Å². The van der Waals surface area contributed by atoms with E-state index in [2.05, 4.69) is 22.4 Å². The predicted octanol–water partition coefficient (Wildman–Crippen LogP) is 5.50. The van der Waals surface area contributed by atoms with Gasteiger partial charge in [0, 0.05) is 23.9 Å². The van der Waals surface area contributed by atoms with E-state index in [0.717, 1.165) is 63.6 Å². The molecule has 4 rings (SSSR count). The van der Waals surface area contributed by atoms with Crippen LogP contribution in [0, 0.1) is 5.82 Å². The molecular formula is C22H26FNOS. The highest BCUT2D eigenvalue weighted by Crippen LogP contribution is 2.45. The molecule has 4 heteroatoms. The summed E-state index contributed by atoms with van der Waals surface area (Å²) in [6.45, 7) is 1.61. The van der Waals surface area contributed by atoms with Crippen LogP contribution in [0.3, 0.4) is 0 Å². The molecule has 2 fully saturated rings. The number of nitrogens with zero attached hydrogens (tertiary/aromatic N) is 1. The summed E-state index contributed by atoms with van der Waals surface area (Å²) in [5.74, 6) is 0.438. The number of benzene rings is 1. The Morgan fingerprint density at radius 3 is 2.54 bits per heavy atom. The van der Waals surface area contributed by atoms with Gasteiger partial charge in [0.1, 0.15) is 5.82 Å². The standard InChI is InChI=1S/C22H26FNOS/c23-19-10-8-17(9-11-19)18-6-1-4-14-24(16-18)21(25)22(12-2-3-13-22)20-7-5-15-26-20/h5,7-11,15,18H,1-4,6,12-14,16H2. The average molecular weight is 372 g/mol. The third-order valence-electron chi connectivity index (χ3n) is 6.16. The molecule has 2 heterocycles. The zero-order valence-corrected chi connectivity index (χ0v) is 15.9. The lowest BCUT2D eigenvalue weighted by atomic mass is 9.82. The lowest BCUT2D eigenvalue weighted by molar-refractivity contribution is -0.137. The van der Waals surface area contributed by atoms with Crippen LogP contribution in [-0.4, -0.2) is 23.9 Å². The summed E-state index contributed by atoms with van der Waals surface area (Å²) in [4.78, 5) is 17.0. The summed E-state index contributed by atoms with van der Waals surface area (Å²) < 4.78 is 13.3. The molecule has 0 radical (unpaired) electrons. The fourth-order valence-electron chi connectivity index (χ4n) is 4.73. The Morgan fingerprint density at radius 1 is 1.08 bits per heavy atom. The molecule has 1 saturated heterocycles. The van der Waals surface area contributed by atoms with Gasteiger partial charge in [-0.2, -0.15) is 0 Å². The number of thiophene rings is 1. The maximum absolute atomic E-state index is 13.7. The Bertz CT molecular complexity index is 734. The second-order valence-electron chi connectivity index (χ2n) is 7.76. The van der Waals surface area contributed by atoms with Gasteiger partial charge in [-0.05, 0) is 54.8 Å². The van der Waals surface area contributed by atoms with Crippen LogP contribution in [0.4, 0.5) is 4.39 Å². The largest absolute Gasteiger partial charge is 0.341 e. The van der Waals surface area contributed by atoms with Crippen LogP contribution in [0.5, 0.6) is 0 Å². The van der Waals surface area contributed by atoms with E-state index in [1.54, 1.807) is 11.3 Å². The van der Waals surface area contributed by atoms with E-state index in [0.29, 0.717) is 11.8 Å². The number of hydrogen-bond donors (Lipinski definition) is 0. The number of halogens is 1. The number of carbonyl (C=O) groups excluding carboxylic acids is 1. The van der Waals surface area contributed by atoms with Crippen LogP contribution in [0.1, 0.15) is 61.3 Å². The molecule has 2 nitrogen and oxygen atoms in total. The van der Waals surface area contributed by atoms with Crippen LogP contribution in [0.2, 0.25) is 0 Å². The maximum Gasteiger partial charge on any atom is 0.234 e. The molecule has 1 atom stereocenters. The van der Waals surface area contributed by atoms with E-state index in [1.165, 1.54) is 17.0 Å². The van der Waals surface area contributed by atoms with Gasteiger partial charge in [-0.25, -0.2) is 4.39 Å². The first-order valence-corrected chi connectivity index (χ1v) is 10.7. The van der Waals surface area contributed by atoms with E-state index < -0.39 is 0 Å². The predicted molar refractivity (Wildman–Crippen MR) is 104 cm³/mol. The molecule has 1 aromatic heterocycles. The fourth-order valence-corrected chi connectivity index (χ4v) is 5.71. The topological polar surface area (TPSA) is 20.3 Å². The van der Waals surface area contributed by atoms with Crippen LogP contribution in [0.15, 0.2) is 41.8 Å². The molecule has 1 aliphatic heterocycles. The highest BCUT2D eigenvalue weighted by Gasteiger charge is 2.46. The lowest BCUT2D eigenvalue weighted by Gasteiger charge is -2.34. The fraction of sp³-hybridized carbons (Fsp3) is 0.500. The lowest BCUT2D eigenvalue weighted by Crippen LogP contribution is -2.46. The Kier molecular flexibility index (Phi) is 5.12. The summed E-state index contributed by atoms with van der Waals surface area (Å²) >= 11 is 1.73. The first kappa shape index (κ1) is 17.7. The Balaban J connectivity index is 1.59. The third-order valence-corrected chi connectivity index (χ3v) is 7.23. The molecule has 1 aromatic carbocycles. The number of likely N-dealkylation sites (tertiary alicyclic amines) is 1. The van der Waals surface area contributed by atoms with E-state index in [1.807, 2.05) is 12.1 Å². The van der Waals surface area contributed by atoms with Crippen molar-refractivity contribution < 1.29 is 9.18 Å². The molecule has 1 saturated carbocycles. The minimum absolute atomic E-state index is 0.196. The minimum atomic E-state index is -0.300. The van der Waals surface area contributed by atoms with Crippen LogP contribution in [0.25, 0.3) is 0 Å². The van der Waals surface area contributed by atoms with Gasteiger partial charge in [0.25, 0.3) is 0 Å². The van der Waals surface area contributed by atoms with Gasteiger partial charge >= 0.3 is 0 Å². The van der Waals surface area contributed by atoms with Crippen molar-refractivity contribution in [2.24, 2.45) is 0 Å². The van der Waals surface area contributed by atoms with Gasteiger partial charge in [0.05, 0.1) is 5.41 Å². The molecule has 138 valence electrons. The van der Waals surface area contributed by atoms with Crippen molar-refractivity contribution in [3.05, 3.63) is 58.0 Å². The molecule has 1 aliphatic carbocycles. The van der Waals surface area contributed by atoms with Gasteiger partial charge in [0.2, 0.25) is 5.91 Å². The smallest absolute Gasteiger partial charge is 0.234 e. The van der Waals surface area contributed by atoms with Gasteiger partial charge in [-0.1, -0.05) is 37.5 Å². The number of carbonyl (C=O) groups is 1. The average Bonchev–Trinajstić information content (AvgIpc) is 3.30. The highest BCUT2D eigenvalue weighted by atomic mass is 32.1. The Hall–Kier alpha value is -1.68. The molecule has 1 unspecified atom stereocenters. The van der Waals surface area contributed by atoms with Crippen LogP contribution < -0.4 is 0 Å². The Labute approximate surface area is 159 Å². The second kappa shape index (κ2) is 7.51. The van der Waals surface area contributed by atoms with Crippen molar-refractivity contribution in [2.75, 3.05) is 13.1 Å². The second-order valence-corrected chi connectivity index (χ2v) is 8.71. The number of rotatable bonds is 3. The van der Waals surface area contributed by atoms with Crippen molar-refractivity contribution in [1.82, 2.24) is 4.90 Å². The molecule has 26 heavy (non-hydrogen) atoms. The number of hydrogen-bond acceptors (Lipinski definition) is 2. The molecule has 0 N–H and O–H groups in total. The molecule has 0 spiro atoms. The zero-order valence-electron chi connectivity index (χ0n) is 15.1. The maximum atomic E-state index is 13.7. The SMILES string of the molecule is O=C(N1CCCCC(c2ccc(F)cc2)C1)C1(c2cccs2)CCCC1. The van der Waals surface area contributed by atoms with E-state index in [9.17, 15) is 9.18 Å². The molecule has 0 bridgehead atoms. The number of amides is 1. The van der Waals surface area contributed by atoms with Crippen LogP contribution in [-0.2, 0) is 10.2 Å². The van der Waals surface area contributed by atoms with Crippen molar-refractivity contribution >= 4 is 17.2 Å². The summed E-state index contributed by atoms with van der Waals surface area (Å²) in [5.41, 5.74) is 0.856. The van der Waals surface area contributed by atoms with E-state index in [-0.39, 0.29) is 11.2 Å². The molecule has 2 aromatic rings. The summed E-state index contributed by atoms with van der Waals surface area (Å²) in [6.07, 6.45) is 7.48. The first-order chi connectivity index (χ1) is 12.7. The summed E-state index contributed by atoms with van der Waals surface area (Å²) in [5, 5.41) is 2.09. The monoisotopic (exact) mass is 371 g/mol. The normalized spacial score (nSPS) is 23.0. The zero-order chi connectivity index (χ0) is 18.0. The quantitative estimate of drug-likeness (QED) is 0.698. The van der Waals surface area contributed by atoms with Gasteiger partial charge in [-0.3, -0.25) is 4.79 Å².